The summed E-state index contributed by atoms with van der Waals surface area (Å²) in [5.74, 6) is 1.16. The van der Waals surface area contributed by atoms with E-state index < -0.39 is 0 Å². The number of aromatic nitrogens is 5. The van der Waals surface area contributed by atoms with Gasteiger partial charge in [-0.05, 0) is 60.7 Å². The fourth-order valence-corrected chi connectivity index (χ4v) is 4.06. The van der Waals surface area contributed by atoms with E-state index in [9.17, 15) is 4.39 Å². The van der Waals surface area contributed by atoms with Crippen molar-refractivity contribution in [3.8, 4) is 11.4 Å². The number of rotatable bonds is 10. The van der Waals surface area contributed by atoms with Crippen molar-refractivity contribution in [3.05, 3.63) is 88.2 Å². The topological polar surface area (TPSA) is 67.0 Å². The Morgan fingerprint density at radius 3 is 2.68 bits per heavy atom. The van der Waals surface area contributed by atoms with Gasteiger partial charge in [-0.25, -0.2) is 9.07 Å². The number of nitrogens with zero attached hydrogens (tertiary/aromatic N) is 5. The first kappa shape index (κ1) is 22.6. The summed E-state index contributed by atoms with van der Waals surface area (Å²) in [6, 6.07) is 14.0. The van der Waals surface area contributed by atoms with Crippen LogP contribution in [0.5, 0.6) is 5.75 Å². The molecule has 0 aliphatic heterocycles. The van der Waals surface area contributed by atoms with Crippen LogP contribution in [0.3, 0.4) is 0 Å². The van der Waals surface area contributed by atoms with Gasteiger partial charge in [0, 0.05) is 24.7 Å². The van der Waals surface area contributed by atoms with Crippen LogP contribution in [-0.2, 0) is 30.9 Å². The molecule has 0 saturated heterocycles. The molecule has 1 aliphatic carbocycles. The highest BCUT2D eigenvalue weighted by atomic mass is 35.5. The van der Waals surface area contributed by atoms with Gasteiger partial charge in [0.25, 0.3) is 0 Å². The van der Waals surface area contributed by atoms with Crippen molar-refractivity contribution in [1.82, 2.24) is 24.8 Å². The first-order chi connectivity index (χ1) is 16.6. The summed E-state index contributed by atoms with van der Waals surface area (Å²) in [6.07, 6.45) is 4.98. The van der Waals surface area contributed by atoms with Gasteiger partial charge in [0.2, 0.25) is 0 Å². The van der Waals surface area contributed by atoms with E-state index in [0.717, 1.165) is 29.2 Å². The molecule has 2 aromatic heterocycles. The molecule has 0 unspecified atom stereocenters. The maximum atomic E-state index is 14.1. The number of halogens is 2. The number of benzene rings is 2. The van der Waals surface area contributed by atoms with E-state index in [-0.39, 0.29) is 12.4 Å². The SMILES string of the molecule is COc1ccc(COCc2cc(F)ccc2-n2nc(Cl)cc2Cc2cn(CC3CC3)nn2)cc1. The number of hydrogen-bond donors (Lipinski definition) is 0. The van der Waals surface area contributed by atoms with Crippen LogP contribution in [0.25, 0.3) is 5.69 Å². The molecule has 0 bridgehead atoms. The first-order valence-corrected chi connectivity index (χ1v) is 11.6. The fraction of sp³-hybridized carbons (Fsp3) is 0.320. The Hall–Kier alpha value is -3.23. The van der Waals surface area contributed by atoms with E-state index in [1.165, 1.54) is 25.0 Å². The first-order valence-electron chi connectivity index (χ1n) is 11.2. The molecule has 34 heavy (non-hydrogen) atoms. The van der Waals surface area contributed by atoms with Crippen molar-refractivity contribution in [3.63, 3.8) is 0 Å². The largest absolute Gasteiger partial charge is 0.497 e. The predicted octanol–water partition coefficient (Wildman–Crippen LogP) is 4.98. The van der Waals surface area contributed by atoms with Crippen molar-refractivity contribution in [1.29, 1.82) is 0 Å². The van der Waals surface area contributed by atoms with Crippen molar-refractivity contribution in [2.45, 2.75) is 39.0 Å². The maximum absolute atomic E-state index is 14.1. The van der Waals surface area contributed by atoms with Gasteiger partial charge in [0.05, 0.1) is 37.4 Å². The standard InChI is InChI=1S/C25H25ClFN5O2/c1-33-23-7-4-18(5-8-23)15-34-16-19-10-20(27)6-9-24(19)32-22(12-25(26)29-32)11-21-14-31(30-28-21)13-17-2-3-17/h4-10,12,14,17H,2-3,11,13,15-16H2,1H3. The Kier molecular flexibility index (Phi) is 6.60. The normalized spacial score (nSPS) is 13.4. The molecule has 9 heteroatoms. The van der Waals surface area contributed by atoms with Crippen LogP contribution in [-0.4, -0.2) is 31.9 Å². The van der Waals surface area contributed by atoms with E-state index in [1.807, 2.05) is 35.1 Å². The average Bonchev–Trinajstić information content (AvgIpc) is 3.42. The Morgan fingerprint density at radius 1 is 1.09 bits per heavy atom. The molecule has 7 nitrogen and oxygen atoms in total. The quantitative estimate of drug-likeness (QED) is 0.319. The Labute approximate surface area is 202 Å². The third kappa shape index (κ3) is 5.46. The third-order valence-electron chi connectivity index (χ3n) is 5.80. The minimum Gasteiger partial charge on any atom is -0.497 e. The van der Waals surface area contributed by atoms with Crippen LogP contribution >= 0.6 is 11.6 Å². The molecule has 4 aromatic rings. The smallest absolute Gasteiger partial charge is 0.151 e. The summed E-state index contributed by atoms with van der Waals surface area (Å²) in [6.45, 7) is 1.51. The zero-order valence-corrected chi connectivity index (χ0v) is 19.6. The summed E-state index contributed by atoms with van der Waals surface area (Å²) in [5, 5.41) is 13.4. The van der Waals surface area contributed by atoms with Crippen molar-refractivity contribution in [2.24, 2.45) is 5.92 Å². The lowest BCUT2D eigenvalue weighted by molar-refractivity contribution is 0.107. The second-order valence-electron chi connectivity index (χ2n) is 8.54. The van der Waals surface area contributed by atoms with E-state index in [1.54, 1.807) is 23.9 Å². The molecule has 2 aromatic carbocycles. The van der Waals surface area contributed by atoms with E-state index in [2.05, 4.69) is 15.4 Å². The van der Waals surface area contributed by atoms with Gasteiger partial charge < -0.3 is 9.47 Å². The molecule has 0 radical (unpaired) electrons. The van der Waals surface area contributed by atoms with E-state index in [4.69, 9.17) is 21.1 Å². The van der Waals surface area contributed by atoms with Crippen LogP contribution < -0.4 is 4.74 Å². The Bertz CT molecular complexity index is 1270. The highest BCUT2D eigenvalue weighted by molar-refractivity contribution is 6.29. The van der Waals surface area contributed by atoms with Gasteiger partial charge >= 0.3 is 0 Å². The summed E-state index contributed by atoms with van der Waals surface area (Å²) in [4.78, 5) is 0. The Morgan fingerprint density at radius 2 is 1.91 bits per heavy atom. The van der Waals surface area contributed by atoms with Crippen molar-refractivity contribution in [2.75, 3.05) is 7.11 Å². The average molecular weight is 482 g/mol. The molecule has 1 aliphatic rings. The second kappa shape index (κ2) is 9.95. The van der Waals surface area contributed by atoms with Crippen LogP contribution in [0, 0.1) is 11.7 Å². The van der Waals surface area contributed by atoms with Gasteiger partial charge in [0.15, 0.2) is 5.15 Å². The molecular weight excluding hydrogens is 457 g/mol. The van der Waals surface area contributed by atoms with Crippen LogP contribution in [0.4, 0.5) is 4.39 Å². The summed E-state index contributed by atoms with van der Waals surface area (Å²) < 4.78 is 28.8. The molecule has 1 fully saturated rings. The number of hydrogen-bond acceptors (Lipinski definition) is 5. The zero-order valence-electron chi connectivity index (χ0n) is 18.8. The Balaban J connectivity index is 1.33. The van der Waals surface area contributed by atoms with Crippen LogP contribution in [0.2, 0.25) is 5.15 Å². The minimum absolute atomic E-state index is 0.216. The molecule has 0 spiro atoms. The van der Waals surface area contributed by atoms with Gasteiger partial charge in [-0.3, -0.25) is 4.68 Å². The lowest BCUT2D eigenvalue weighted by atomic mass is 10.1. The molecule has 2 heterocycles. The van der Waals surface area contributed by atoms with Gasteiger partial charge in [-0.15, -0.1) is 5.10 Å². The van der Waals surface area contributed by atoms with Gasteiger partial charge in [-0.1, -0.05) is 28.9 Å². The fourth-order valence-electron chi connectivity index (χ4n) is 3.86. The van der Waals surface area contributed by atoms with E-state index in [0.29, 0.717) is 35.3 Å². The second-order valence-corrected chi connectivity index (χ2v) is 8.92. The summed E-state index contributed by atoms with van der Waals surface area (Å²) >= 11 is 6.27. The van der Waals surface area contributed by atoms with Crippen LogP contribution in [0.15, 0.2) is 54.7 Å². The summed E-state index contributed by atoms with van der Waals surface area (Å²) in [5.41, 5.74) is 4.05. The molecule has 5 rings (SSSR count). The molecule has 1 saturated carbocycles. The molecule has 0 N–H and O–H groups in total. The van der Waals surface area contributed by atoms with Gasteiger partial charge in [-0.2, -0.15) is 5.10 Å². The molecule has 0 amide bonds. The summed E-state index contributed by atoms with van der Waals surface area (Å²) in [7, 11) is 1.63. The van der Waals surface area contributed by atoms with E-state index >= 15 is 0 Å². The minimum atomic E-state index is -0.338. The highest BCUT2D eigenvalue weighted by Gasteiger charge is 2.22. The maximum Gasteiger partial charge on any atom is 0.151 e. The monoisotopic (exact) mass is 481 g/mol. The lowest BCUT2D eigenvalue weighted by Crippen LogP contribution is -2.08. The third-order valence-corrected chi connectivity index (χ3v) is 5.98. The van der Waals surface area contributed by atoms with Gasteiger partial charge in [0.1, 0.15) is 11.6 Å². The molecule has 176 valence electrons. The van der Waals surface area contributed by atoms with Crippen molar-refractivity contribution >= 4 is 11.6 Å². The number of methoxy groups -OCH3 is 1. The van der Waals surface area contributed by atoms with Crippen molar-refractivity contribution < 1.29 is 13.9 Å². The number of ether oxygens (including phenoxy) is 2. The zero-order chi connectivity index (χ0) is 23.5. The lowest BCUT2D eigenvalue weighted by Gasteiger charge is -2.13. The highest BCUT2D eigenvalue weighted by Crippen LogP contribution is 2.30. The van der Waals surface area contributed by atoms with Crippen LogP contribution in [0.1, 0.15) is 35.4 Å². The predicted molar refractivity (Wildman–Crippen MR) is 126 cm³/mol. The molecular formula is C25H25ClFN5O2. The molecule has 0 atom stereocenters.